The van der Waals surface area contributed by atoms with Crippen molar-refractivity contribution >= 4 is 0 Å². The highest BCUT2D eigenvalue weighted by Crippen LogP contribution is 2.45. The molecule has 0 saturated heterocycles. The van der Waals surface area contributed by atoms with Crippen LogP contribution < -0.4 is 5.73 Å². The number of aliphatic hydroxyl groups excluding tert-OH is 1. The third-order valence-corrected chi connectivity index (χ3v) is 5.04. The van der Waals surface area contributed by atoms with Crippen molar-refractivity contribution < 1.29 is 5.11 Å². The standard InChI is InChI=1S/C19H23NO/c1-13-7-8-15(9-14(13)2)18(21)19(12-20)10-16-5-3-4-6-17(16)11-19/h3-9,18,21H,10-12,20H2,1-2H3. The Morgan fingerprint density at radius 2 is 1.67 bits per heavy atom. The molecule has 1 aliphatic rings. The van der Waals surface area contributed by atoms with E-state index in [2.05, 4.69) is 50.2 Å². The van der Waals surface area contributed by atoms with E-state index in [1.54, 1.807) is 0 Å². The Labute approximate surface area is 126 Å². The van der Waals surface area contributed by atoms with Gasteiger partial charge < -0.3 is 10.8 Å². The van der Waals surface area contributed by atoms with Gasteiger partial charge in [0.05, 0.1) is 6.10 Å². The summed E-state index contributed by atoms with van der Waals surface area (Å²) < 4.78 is 0. The van der Waals surface area contributed by atoms with Crippen molar-refractivity contribution in [3.8, 4) is 0 Å². The zero-order valence-electron chi connectivity index (χ0n) is 12.8. The van der Waals surface area contributed by atoms with E-state index in [9.17, 15) is 5.11 Å². The van der Waals surface area contributed by atoms with Crippen LogP contribution in [0.25, 0.3) is 0 Å². The lowest BCUT2D eigenvalue weighted by atomic mass is 9.76. The molecule has 1 aliphatic carbocycles. The first-order chi connectivity index (χ1) is 10.1. The smallest absolute Gasteiger partial charge is 0.0864 e. The fourth-order valence-electron chi connectivity index (χ4n) is 3.46. The van der Waals surface area contributed by atoms with Crippen LogP contribution in [-0.4, -0.2) is 11.7 Å². The molecule has 21 heavy (non-hydrogen) atoms. The van der Waals surface area contributed by atoms with Crippen LogP contribution >= 0.6 is 0 Å². The molecular weight excluding hydrogens is 258 g/mol. The average molecular weight is 281 g/mol. The van der Waals surface area contributed by atoms with E-state index in [4.69, 9.17) is 5.73 Å². The van der Waals surface area contributed by atoms with Gasteiger partial charge >= 0.3 is 0 Å². The van der Waals surface area contributed by atoms with E-state index < -0.39 is 6.10 Å². The summed E-state index contributed by atoms with van der Waals surface area (Å²) in [6, 6.07) is 14.6. The summed E-state index contributed by atoms with van der Waals surface area (Å²) in [6.45, 7) is 4.68. The maximum atomic E-state index is 11.0. The molecule has 2 nitrogen and oxygen atoms in total. The molecule has 0 spiro atoms. The van der Waals surface area contributed by atoms with Crippen LogP contribution in [0.1, 0.15) is 33.9 Å². The molecule has 3 N–H and O–H groups in total. The van der Waals surface area contributed by atoms with E-state index in [0.29, 0.717) is 6.54 Å². The molecule has 2 heteroatoms. The molecule has 2 aromatic carbocycles. The van der Waals surface area contributed by atoms with E-state index in [-0.39, 0.29) is 5.41 Å². The number of benzene rings is 2. The van der Waals surface area contributed by atoms with Gasteiger partial charge in [-0.1, -0.05) is 42.5 Å². The van der Waals surface area contributed by atoms with Gasteiger partial charge in [-0.15, -0.1) is 0 Å². The predicted octanol–water partition coefficient (Wildman–Crippen LogP) is 3.08. The minimum Gasteiger partial charge on any atom is -0.388 e. The first-order valence-corrected chi connectivity index (χ1v) is 7.58. The Bertz CT molecular complexity index is 637. The summed E-state index contributed by atoms with van der Waals surface area (Å²) in [7, 11) is 0. The minimum absolute atomic E-state index is 0.272. The number of aryl methyl sites for hydroxylation is 2. The first kappa shape index (κ1) is 14.3. The fraction of sp³-hybridized carbons (Fsp3) is 0.368. The quantitative estimate of drug-likeness (QED) is 0.908. The van der Waals surface area contributed by atoms with Crippen LogP contribution in [0.15, 0.2) is 42.5 Å². The van der Waals surface area contributed by atoms with Gasteiger partial charge in [0.15, 0.2) is 0 Å². The highest BCUT2D eigenvalue weighted by Gasteiger charge is 2.42. The van der Waals surface area contributed by atoms with Gasteiger partial charge in [0.25, 0.3) is 0 Å². The third-order valence-electron chi connectivity index (χ3n) is 5.04. The first-order valence-electron chi connectivity index (χ1n) is 7.58. The summed E-state index contributed by atoms with van der Waals surface area (Å²) in [5.41, 5.74) is 11.9. The van der Waals surface area contributed by atoms with Gasteiger partial charge in [0.1, 0.15) is 0 Å². The van der Waals surface area contributed by atoms with E-state index in [1.165, 1.54) is 22.3 Å². The van der Waals surface area contributed by atoms with Crippen molar-refractivity contribution in [2.75, 3.05) is 6.54 Å². The normalized spacial score (nSPS) is 17.5. The lowest BCUT2D eigenvalue weighted by molar-refractivity contribution is 0.0357. The van der Waals surface area contributed by atoms with Crippen LogP contribution in [0, 0.1) is 19.3 Å². The predicted molar refractivity (Wildman–Crippen MR) is 86.2 cm³/mol. The Morgan fingerprint density at radius 1 is 1.05 bits per heavy atom. The Balaban J connectivity index is 1.95. The maximum absolute atomic E-state index is 11.0. The van der Waals surface area contributed by atoms with Crippen LogP contribution in [0.5, 0.6) is 0 Å². The summed E-state index contributed by atoms with van der Waals surface area (Å²) in [6.07, 6.45) is 1.19. The number of hydrogen-bond acceptors (Lipinski definition) is 2. The lowest BCUT2D eigenvalue weighted by Crippen LogP contribution is -2.37. The molecule has 110 valence electrons. The summed E-state index contributed by atoms with van der Waals surface area (Å²) in [5.74, 6) is 0. The van der Waals surface area contributed by atoms with Crippen LogP contribution in [0.3, 0.4) is 0 Å². The second kappa shape index (κ2) is 5.28. The largest absolute Gasteiger partial charge is 0.388 e. The van der Waals surface area contributed by atoms with Gasteiger partial charge in [-0.2, -0.15) is 0 Å². The van der Waals surface area contributed by atoms with Crippen molar-refractivity contribution in [2.45, 2.75) is 32.8 Å². The van der Waals surface area contributed by atoms with Gasteiger partial charge in [-0.3, -0.25) is 0 Å². The second-order valence-corrected chi connectivity index (χ2v) is 6.43. The average Bonchev–Trinajstić information content (AvgIpc) is 2.89. The summed E-state index contributed by atoms with van der Waals surface area (Å²) >= 11 is 0. The molecule has 0 radical (unpaired) electrons. The van der Waals surface area contributed by atoms with Crippen molar-refractivity contribution in [2.24, 2.45) is 11.1 Å². The van der Waals surface area contributed by atoms with Crippen molar-refractivity contribution in [3.63, 3.8) is 0 Å². The molecule has 0 amide bonds. The Morgan fingerprint density at radius 3 is 2.19 bits per heavy atom. The van der Waals surface area contributed by atoms with Crippen LogP contribution in [0.4, 0.5) is 0 Å². The maximum Gasteiger partial charge on any atom is 0.0864 e. The zero-order chi connectivity index (χ0) is 15.0. The molecule has 0 aromatic heterocycles. The molecule has 0 heterocycles. The molecule has 2 aromatic rings. The molecule has 1 unspecified atom stereocenters. The SMILES string of the molecule is Cc1ccc(C(O)C2(CN)Cc3ccccc3C2)cc1C. The number of hydrogen-bond donors (Lipinski definition) is 2. The fourth-order valence-corrected chi connectivity index (χ4v) is 3.46. The highest BCUT2D eigenvalue weighted by atomic mass is 16.3. The number of rotatable bonds is 3. The summed E-state index contributed by atoms with van der Waals surface area (Å²) in [4.78, 5) is 0. The molecule has 1 atom stereocenters. The van der Waals surface area contributed by atoms with Gasteiger partial charge in [-0.25, -0.2) is 0 Å². The van der Waals surface area contributed by atoms with Gasteiger partial charge in [-0.05, 0) is 54.5 Å². The number of fused-ring (bicyclic) bond motifs is 1. The molecule has 0 bridgehead atoms. The van der Waals surface area contributed by atoms with Crippen molar-refractivity contribution in [3.05, 3.63) is 70.3 Å². The van der Waals surface area contributed by atoms with E-state index >= 15 is 0 Å². The Kier molecular flexibility index (Phi) is 3.60. The molecular formula is C19H23NO. The molecule has 3 rings (SSSR count). The molecule has 0 aliphatic heterocycles. The lowest BCUT2D eigenvalue weighted by Gasteiger charge is -2.33. The monoisotopic (exact) mass is 281 g/mol. The molecule has 0 fully saturated rings. The van der Waals surface area contributed by atoms with Gasteiger partial charge in [0, 0.05) is 12.0 Å². The second-order valence-electron chi connectivity index (χ2n) is 6.43. The number of aliphatic hydroxyl groups is 1. The van der Waals surface area contributed by atoms with Crippen molar-refractivity contribution in [1.29, 1.82) is 0 Å². The third kappa shape index (κ3) is 2.39. The van der Waals surface area contributed by atoms with Crippen LogP contribution in [0.2, 0.25) is 0 Å². The van der Waals surface area contributed by atoms with Crippen LogP contribution in [-0.2, 0) is 12.8 Å². The zero-order valence-corrected chi connectivity index (χ0v) is 12.8. The Hall–Kier alpha value is -1.64. The minimum atomic E-state index is -0.519. The number of nitrogens with two attached hydrogens (primary N) is 1. The topological polar surface area (TPSA) is 46.2 Å². The van der Waals surface area contributed by atoms with E-state index in [1.807, 2.05) is 6.07 Å². The summed E-state index contributed by atoms with van der Waals surface area (Å²) in [5, 5.41) is 11.0. The highest BCUT2D eigenvalue weighted by molar-refractivity contribution is 5.38. The molecule has 0 saturated carbocycles. The van der Waals surface area contributed by atoms with Gasteiger partial charge in [0.2, 0.25) is 0 Å². The van der Waals surface area contributed by atoms with E-state index in [0.717, 1.165) is 18.4 Å². The van der Waals surface area contributed by atoms with Crippen molar-refractivity contribution in [1.82, 2.24) is 0 Å².